The predicted octanol–water partition coefficient (Wildman–Crippen LogP) is -0.427. The van der Waals surface area contributed by atoms with Crippen LogP contribution >= 0.6 is 0 Å². The van der Waals surface area contributed by atoms with Crippen molar-refractivity contribution in [2.24, 2.45) is 0 Å². The molecule has 8 heteroatoms. The average Bonchev–Trinajstić information content (AvgIpc) is 2.67. The van der Waals surface area contributed by atoms with Crippen molar-refractivity contribution in [2.45, 2.75) is 107 Å². The van der Waals surface area contributed by atoms with E-state index in [4.69, 9.17) is 0 Å². The molecule has 4 atom stereocenters. The Balaban J connectivity index is 2.26. The van der Waals surface area contributed by atoms with Crippen LogP contribution in [0.3, 0.4) is 0 Å². The molecule has 1 aliphatic rings. The fourth-order valence-corrected chi connectivity index (χ4v) is 3.50. The molecule has 0 unspecified atom stereocenters. The van der Waals surface area contributed by atoms with E-state index in [1.165, 1.54) is 38.5 Å². The Kier molecular flexibility index (Phi) is 10.7. The molecule has 1 amide bonds. The van der Waals surface area contributed by atoms with Gasteiger partial charge in [0, 0.05) is 6.54 Å². The molecule has 1 saturated carbocycles. The van der Waals surface area contributed by atoms with Gasteiger partial charge in [0.2, 0.25) is 0 Å². The lowest BCUT2D eigenvalue weighted by Gasteiger charge is -2.46. The van der Waals surface area contributed by atoms with Crippen molar-refractivity contribution in [2.75, 3.05) is 6.54 Å². The molecule has 0 heterocycles. The Morgan fingerprint density at radius 2 is 1.15 bits per heavy atom. The lowest BCUT2D eigenvalue weighted by Crippen LogP contribution is -2.75. The standard InChI is InChI=1S/C19H37NO7/c1-2-3-4-5-6-7-8-9-10-11-12-20-18(26)19(27)16(24)14(22)13(21)15(23)17(19)25/h13-17,21-25,27H,2-12H2,1H3,(H,20,26)/t13?,14-,15-,16+,17+,19?/m1/s1. The summed E-state index contributed by atoms with van der Waals surface area (Å²) >= 11 is 0. The molecule has 1 rings (SSSR count). The maximum atomic E-state index is 12.2. The summed E-state index contributed by atoms with van der Waals surface area (Å²) in [5, 5.41) is 61.4. The normalized spacial score (nSPS) is 33.8. The lowest BCUT2D eigenvalue weighted by atomic mass is 9.74. The number of aliphatic hydroxyl groups is 6. The van der Waals surface area contributed by atoms with Crippen molar-refractivity contribution >= 4 is 5.91 Å². The van der Waals surface area contributed by atoms with E-state index >= 15 is 0 Å². The highest BCUT2D eigenvalue weighted by molar-refractivity contribution is 5.87. The van der Waals surface area contributed by atoms with Crippen LogP contribution in [0.4, 0.5) is 0 Å². The first-order valence-electron chi connectivity index (χ1n) is 10.2. The van der Waals surface area contributed by atoms with Crippen LogP contribution in [0.25, 0.3) is 0 Å². The van der Waals surface area contributed by atoms with E-state index in [0.717, 1.165) is 19.3 Å². The van der Waals surface area contributed by atoms with Crippen LogP contribution in [-0.4, -0.2) is 79.2 Å². The second-order valence-electron chi connectivity index (χ2n) is 7.62. The highest BCUT2D eigenvalue weighted by Crippen LogP contribution is 2.30. The number of amides is 1. The Morgan fingerprint density at radius 3 is 1.59 bits per heavy atom. The molecule has 0 radical (unpaired) electrons. The van der Waals surface area contributed by atoms with E-state index < -0.39 is 42.0 Å². The van der Waals surface area contributed by atoms with Crippen LogP contribution in [0.2, 0.25) is 0 Å². The monoisotopic (exact) mass is 391 g/mol. The maximum Gasteiger partial charge on any atom is 0.257 e. The van der Waals surface area contributed by atoms with E-state index in [-0.39, 0.29) is 6.54 Å². The summed E-state index contributed by atoms with van der Waals surface area (Å²) in [6.07, 6.45) is 1.34. The second kappa shape index (κ2) is 11.9. The third kappa shape index (κ3) is 6.37. The number of carbonyl (C=O) groups is 1. The Hall–Kier alpha value is -0.770. The van der Waals surface area contributed by atoms with Crippen LogP contribution < -0.4 is 5.32 Å². The van der Waals surface area contributed by atoms with Crippen molar-refractivity contribution in [1.29, 1.82) is 0 Å². The zero-order valence-electron chi connectivity index (χ0n) is 16.3. The maximum absolute atomic E-state index is 12.2. The van der Waals surface area contributed by atoms with Gasteiger partial charge in [0.15, 0.2) is 5.60 Å². The minimum atomic E-state index is -2.78. The second-order valence-corrected chi connectivity index (χ2v) is 7.62. The molecular weight excluding hydrogens is 354 g/mol. The number of rotatable bonds is 12. The van der Waals surface area contributed by atoms with E-state index in [9.17, 15) is 35.4 Å². The van der Waals surface area contributed by atoms with Gasteiger partial charge in [-0.15, -0.1) is 0 Å². The summed E-state index contributed by atoms with van der Waals surface area (Å²) in [4.78, 5) is 12.2. The fraction of sp³-hybridized carbons (Fsp3) is 0.947. The molecule has 7 N–H and O–H groups in total. The van der Waals surface area contributed by atoms with Crippen LogP contribution in [0, 0.1) is 0 Å². The van der Waals surface area contributed by atoms with Gasteiger partial charge >= 0.3 is 0 Å². The van der Waals surface area contributed by atoms with Gasteiger partial charge in [-0.05, 0) is 6.42 Å². The highest BCUT2D eigenvalue weighted by atomic mass is 16.4. The van der Waals surface area contributed by atoms with Gasteiger partial charge in [0.25, 0.3) is 5.91 Å². The molecule has 0 aromatic rings. The zero-order chi connectivity index (χ0) is 20.4. The number of hydrogen-bond donors (Lipinski definition) is 7. The number of aliphatic hydroxyl groups excluding tert-OH is 5. The van der Waals surface area contributed by atoms with Gasteiger partial charge in [0.05, 0.1) is 0 Å². The summed E-state index contributed by atoms with van der Waals surface area (Å²) in [5.74, 6) is -1.08. The molecule has 160 valence electrons. The molecule has 0 saturated heterocycles. The molecule has 0 aromatic heterocycles. The van der Waals surface area contributed by atoms with Crippen LogP contribution in [0.1, 0.15) is 71.1 Å². The van der Waals surface area contributed by atoms with E-state index in [0.29, 0.717) is 6.42 Å². The number of carbonyl (C=O) groups excluding carboxylic acids is 1. The summed E-state index contributed by atoms with van der Waals surface area (Å²) < 4.78 is 0. The van der Waals surface area contributed by atoms with Gasteiger partial charge < -0.3 is 36.0 Å². The quantitative estimate of drug-likeness (QED) is 0.223. The molecule has 1 fully saturated rings. The minimum Gasteiger partial charge on any atom is -0.387 e. The van der Waals surface area contributed by atoms with E-state index in [1.807, 2.05) is 0 Å². The third-order valence-corrected chi connectivity index (χ3v) is 5.43. The molecule has 0 aromatic carbocycles. The zero-order valence-corrected chi connectivity index (χ0v) is 16.3. The third-order valence-electron chi connectivity index (χ3n) is 5.43. The Morgan fingerprint density at radius 1 is 0.741 bits per heavy atom. The Labute approximate surface area is 161 Å². The van der Waals surface area contributed by atoms with Gasteiger partial charge in [-0.3, -0.25) is 4.79 Å². The molecule has 1 aliphatic carbocycles. The smallest absolute Gasteiger partial charge is 0.257 e. The summed E-state index contributed by atoms with van der Waals surface area (Å²) in [6, 6.07) is 0. The van der Waals surface area contributed by atoms with Crippen LogP contribution in [0.5, 0.6) is 0 Å². The van der Waals surface area contributed by atoms with Crippen molar-refractivity contribution in [3.63, 3.8) is 0 Å². The highest BCUT2D eigenvalue weighted by Gasteiger charge is 2.61. The number of unbranched alkanes of at least 4 members (excludes halogenated alkanes) is 9. The van der Waals surface area contributed by atoms with E-state index in [2.05, 4.69) is 12.2 Å². The summed E-state index contributed by atoms with van der Waals surface area (Å²) in [7, 11) is 0. The lowest BCUT2D eigenvalue weighted by molar-refractivity contribution is -0.260. The van der Waals surface area contributed by atoms with E-state index in [1.54, 1.807) is 0 Å². The SMILES string of the molecule is CCCCCCCCCCCCNC(=O)C1(O)[C@@H](O)[C@H](O)C(O)[C@@H](O)[C@@H]1O. The summed E-state index contributed by atoms with van der Waals surface area (Å²) in [6.45, 7) is 2.44. The van der Waals surface area contributed by atoms with Crippen LogP contribution in [-0.2, 0) is 4.79 Å². The Bertz CT molecular complexity index is 418. The van der Waals surface area contributed by atoms with Crippen molar-refractivity contribution in [1.82, 2.24) is 5.32 Å². The minimum absolute atomic E-state index is 0.242. The topological polar surface area (TPSA) is 150 Å². The van der Waals surface area contributed by atoms with Gasteiger partial charge in [-0.25, -0.2) is 0 Å². The molecule has 0 bridgehead atoms. The summed E-state index contributed by atoms with van der Waals surface area (Å²) in [5.41, 5.74) is -2.78. The molecular formula is C19H37NO7. The van der Waals surface area contributed by atoms with Gasteiger partial charge in [-0.2, -0.15) is 0 Å². The van der Waals surface area contributed by atoms with Gasteiger partial charge in [0.1, 0.15) is 30.5 Å². The van der Waals surface area contributed by atoms with Gasteiger partial charge in [-0.1, -0.05) is 64.7 Å². The molecule has 27 heavy (non-hydrogen) atoms. The van der Waals surface area contributed by atoms with Crippen molar-refractivity contribution < 1.29 is 35.4 Å². The number of hydrogen-bond acceptors (Lipinski definition) is 7. The fourth-order valence-electron chi connectivity index (χ4n) is 3.50. The van der Waals surface area contributed by atoms with Crippen LogP contribution in [0.15, 0.2) is 0 Å². The number of nitrogens with one attached hydrogen (secondary N) is 1. The van der Waals surface area contributed by atoms with Crippen molar-refractivity contribution in [3.05, 3.63) is 0 Å². The average molecular weight is 392 g/mol. The molecule has 0 spiro atoms. The molecule has 0 aliphatic heterocycles. The largest absolute Gasteiger partial charge is 0.387 e. The predicted molar refractivity (Wildman–Crippen MR) is 99.8 cm³/mol. The first kappa shape index (κ1) is 24.3. The first-order valence-corrected chi connectivity index (χ1v) is 10.2. The van der Waals surface area contributed by atoms with Crippen molar-refractivity contribution in [3.8, 4) is 0 Å². The molecule has 8 nitrogen and oxygen atoms in total. The first-order chi connectivity index (χ1) is 12.8.